The lowest BCUT2D eigenvalue weighted by Gasteiger charge is -2.04. The first-order valence-electron chi connectivity index (χ1n) is 6.37. The molecule has 0 aliphatic heterocycles. The first-order valence-corrected chi connectivity index (χ1v) is 6.37. The number of nitrogens with two attached hydrogens (primary N) is 1. The van der Waals surface area contributed by atoms with Gasteiger partial charge in [-0.05, 0) is 6.92 Å². The van der Waals surface area contributed by atoms with Crippen molar-refractivity contribution >= 4 is 6.21 Å². The Morgan fingerprint density at radius 2 is 1.70 bits per heavy atom. The second-order valence-corrected chi connectivity index (χ2v) is 4.39. The Kier molecular flexibility index (Phi) is 7.07. The van der Waals surface area contributed by atoms with Crippen molar-refractivity contribution in [1.82, 2.24) is 9.97 Å². The zero-order chi connectivity index (χ0) is 17.4. The first kappa shape index (κ1) is 18.5. The molecule has 1 atom stereocenters. The molecule has 1 unspecified atom stereocenters. The number of hydrogen-bond acceptors (Lipinski definition) is 5. The summed E-state index contributed by atoms with van der Waals surface area (Å²) >= 11 is 0. The summed E-state index contributed by atoms with van der Waals surface area (Å²) in [4.78, 5) is 6.97. The van der Waals surface area contributed by atoms with Crippen molar-refractivity contribution in [3.63, 3.8) is 0 Å². The summed E-state index contributed by atoms with van der Waals surface area (Å²) in [6.45, 7) is 1.59. The predicted octanol–water partition coefficient (Wildman–Crippen LogP) is 2.74. The van der Waals surface area contributed by atoms with E-state index in [1.807, 2.05) is 0 Å². The summed E-state index contributed by atoms with van der Waals surface area (Å²) in [7, 11) is 0. The lowest BCUT2D eigenvalue weighted by atomic mass is 10.2. The van der Waals surface area contributed by atoms with Crippen LogP contribution in [0.4, 0.5) is 17.6 Å². The third-order valence-corrected chi connectivity index (χ3v) is 2.52. The molecule has 124 valence electrons. The lowest BCUT2D eigenvalue weighted by molar-refractivity contribution is 0.320. The van der Waals surface area contributed by atoms with Crippen LogP contribution in [0.2, 0.25) is 0 Å². The first-order chi connectivity index (χ1) is 10.8. The maximum atomic E-state index is 12.7. The Morgan fingerprint density at radius 1 is 1.13 bits per heavy atom. The molecule has 0 aliphatic carbocycles. The van der Waals surface area contributed by atoms with Gasteiger partial charge in [0.15, 0.2) is 0 Å². The van der Waals surface area contributed by atoms with Gasteiger partial charge in [-0.3, -0.25) is 9.97 Å². The number of nitrogens with zero attached hydrogens (tertiary/aromatic N) is 3. The van der Waals surface area contributed by atoms with Crippen LogP contribution in [0.15, 0.2) is 29.7 Å². The SMILES string of the molecule is CC(N)c1ncc(F)cc1F.ON=CCc1ncc(F)cc1F. The largest absolute Gasteiger partial charge is 0.411 e. The average molecular weight is 330 g/mol. The molecule has 0 saturated heterocycles. The zero-order valence-electron chi connectivity index (χ0n) is 12.0. The van der Waals surface area contributed by atoms with E-state index < -0.39 is 29.3 Å². The summed E-state index contributed by atoms with van der Waals surface area (Å²) in [5.74, 6) is -2.85. The van der Waals surface area contributed by atoms with Crippen molar-refractivity contribution in [2.75, 3.05) is 0 Å². The summed E-state index contributed by atoms with van der Waals surface area (Å²) in [6, 6.07) is 0.995. The minimum atomic E-state index is -0.741. The monoisotopic (exact) mass is 330 g/mol. The van der Waals surface area contributed by atoms with E-state index in [0.717, 1.165) is 30.7 Å². The highest BCUT2D eigenvalue weighted by atomic mass is 19.1. The van der Waals surface area contributed by atoms with E-state index in [0.29, 0.717) is 0 Å². The van der Waals surface area contributed by atoms with E-state index >= 15 is 0 Å². The quantitative estimate of drug-likeness (QED) is 0.392. The third-order valence-electron chi connectivity index (χ3n) is 2.52. The van der Waals surface area contributed by atoms with Crippen LogP contribution in [0, 0.1) is 23.3 Å². The van der Waals surface area contributed by atoms with Crippen LogP contribution >= 0.6 is 0 Å². The van der Waals surface area contributed by atoms with Crippen LogP contribution < -0.4 is 5.73 Å². The highest BCUT2D eigenvalue weighted by molar-refractivity contribution is 5.59. The molecule has 2 heterocycles. The van der Waals surface area contributed by atoms with Crippen LogP contribution in [-0.2, 0) is 6.42 Å². The number of halogens is 4. The summed E-state index contributed by atoms with van der Waals surface area (Å²) < 4.78 is 50.0. The van der Waals surface area contributed by atoms with E-state index in [2.05, 4.69) is 15.1 Å². The second kappa shape index (κ2) is 8.79. The molecule has 0 amide bonds. The molecule has 2 aromatic rings. The highest BCUT2D eigenvalue weighted by Crippen LogP contribution is 2.11. The summed E-state index contributed by atoms with van der Waals surface area (Å²) in [5, 5.41) is 10.7. The van der Waals surface area contributed by atoms with Crippen molar-refractivity contribution in [2.24, 2.45) is 10.9 Å². The van der Waals surface area contributed by atoms with Crippen LogP contribution in [0.3, 0.4) is 0 Å². The standard InChI is InChI=1S/C7H6F2N2O.C7H8F2N2/c8-5-3-6(9)7(10-4-5)1-2-11-12;1-4(10)7-6(9)2-5(8)3-11-7/h2-4,12H,1H2;2-4H,10H2,1H3. The number of rotatable bonds is 3. The van der Waals surface area contributed by atoms with E-state index in [-0.39, 0.29) is 17.8 Å². The number of oxime groups is 1. The summed E-state index contributed by atoms with van der Waals surface area (Å²) in [6.07, 6.45) is 2.97. The molecular weight excluding hydrogens is 316 g/mol. The third kappa shape index (κ3) is 5.99. The van der Waals surface area contributed by atoms with Crippen molar-refractivity contribution in [1.29, 1.82) is 0 Å². The Balaban J connectivity index is 0.000000231. The molecule has 0 fully saturated rings. The highest BCUT2D eigenvalue weighted by Gasteiger charge is 2.08. The van der Waals surface area contributed by atoms with Gasteiger partial charge < -0.3 is 10.9 Å². The molecule has 5 nitrogen and oxygen atoms in total. The minimum absolute atomic E-state index is 0.0443. The summed E-state index contributed by atoms with van der Waals surface area (Å²) in [5.41, 5.74) is 5.48. The predicted molar refractivity (Wildman–Crippen MR) is 74.9 cm³/mol. The van der Waals surface area contributed by atoms with E-state index in [4.69, 9.17) is 10.9 Å². The molecule has 3 N–H and O–H groups in total. The normalized spacial score (nSPS) is 11.9. The molecule has 23 heavy (non-hydrogen) atoms. The van der Waals surface area contributed by atoms with E-state index in [1.165, 1.54) is 0 Å². The molecule has 0 radical (unpaired) electrons. The zero-order valence-corrected chi connectivity index (χ0v) is 12.0. The van der Waals surface area contributed by atoms with Gasteiger partial charge in [-0.1, -0.05) is 0 Å². The molecule has 9 heteroatoms. The molecule has 0 bridgehead atoms. The number of pyridine rings is 2. The van der Waals surface area contributed by atoms with Crippen LogP contribution in [0.5, 0.6) is 0 Å². The Labute approximate surface area is 129 Å². The molecule has 0 aromatic carbocycles. The maximum absolute atomic E-state index is 12.7. The van der Waals surface area contributed by atoms with Gasteiger partial charge >= 0.3 is 0 Å². The Hall–Kier alpha value is -2.55. The van der Waals surface area contributed by atoms with Crippen molar-refractivity contribution < 1.29 is 22.8 Å². The van der Waals surface area contributed by atoms with Gasteiger partial charge in [0.25, 0.3) is 0 Å². The van der Waals surface area contributed by atoms with Gasteiger partial charge in [-0.15, -0.1) is 5.16 Å². The van der Waals surface area contributed by atoms with Crippen LogP contribution in [0.25, 0.3) is 0 Å². The Bertz CT molecular complexity index is 680. The number of aromatic nitrogens is 2. The van der Waals surface area contributed by atoms with Gasteiger partial charge in [0.05, 0.1) is 23.8 Å². The molecule has 0 saturated carbocycles. The fourth-order valence-electron chi connectivity index (χ4n) is 1.48. The molecule has 0 aliphatic rings. The molecule has 0 spiro atoms. The lowest BCUT2D eigenvalue weighted by Crippen LogP contribution is -2.09. The topological polar surface area (TPSA) is 84.4 Å². The number of hydrogen-bond donors (Lipinski definition) is 2. The fourth-order valence-corrected chi connectivity index (χ4v) is 1.48. The van der Waals surface area contributed by atoms with Crippen molar-refractivity contribution in [2.45, 2.75) is 19.4 Å². The van der Waals surface area contributed by atoms with Gasteiger partial charge in [-0.2, -0.15) is 0 Å². The van der Waals surface area contributed by atoms with Gasteiger partial charge in [0, 0.05) is 30.8 Å². The van der Waals surface area contributed by atoms with Crippen molar-refractivity contribution in [3.8, 4) is 0 Å². The van der Waals surface area contributed by atoms with Crippen molar-refractivity contribution in [3.05, 3.63) is 59.2 Å². The maximum Gasteiger partial charge on any atom is 0.149 e. The van der Waals surface area contributed by atoms with E-state index in [1.54, 1.807) is 6.92 Å². The van der Waals surface area contributed by atoms with Gasteiger partial charge in [0.2, 0.25) is 0 Å². The van der Waals surface area contributed by atoms with Gasteiger partial charge in [0.1, 0.15) is 23.3 Å². The van der Waals surface area contributed by atoms with Gasteiger partial charge in [-0.25, -0.2) is 17.6 Å². The fraction of sp³-hybridized carbons (Fsp3) is 0.214. The minimum Gasteiger partial charge on any atom is -0.411 e. The molecular formula is C14H14F4N4O. The van der Waals surface area contributed by atoms with Crippen LogP contribution in [0.1, 0.15) is 24.4 Å². The smallest absolute Gasteiger partial charge is 0.149 e. The Morgan fingerprint density at radius 3 is 2.17 bits per heavy atom. The average Bonchev–Trinajstić information content (AvgIpc) is 2.46. The molecule has 2 aromatic heterocycles. The molecule has 2 rings (SSSR count). The second-order valence-electron chi connectivity index (χ2n) is 4.39. The van der Waals surface area contributed by atoms with E-state index in [9.17, 15) is 17.6 Å². The van der Waals surface area contributed by atoms with Crippen LogP contribution in [-0.4, -0.2) is 21.4 Å².